The number of methoxy groups -OCH3 is 1. The summed E-state index contributed by atoms with van der Waals surface area (Å²) in [4.78, 5) is 0. The van der Waals surface area contributed by atoms with Crippen molar-refractivity contribution >= 4 is 0 Å². The predicted molar refractivity (Wildman–Crippen MR) is 66.9 cm³/mol. The van der Waals surface area contributed by atoms with Crippen molar-refractivity contribution in [1.82, 2.24) is 0 Å². The number of ether oxygens (including phenoxy) is 1. The Morgan fingerprint density at radius 3 is 2.53 bits per heavy atom. The highest BCUT2D eigenvalue weighted by molar-refractivity contribution is 5.48. The molecule has 0 saturated heterocycles. The van der Waals surface area contributed by atoms with E-state index in [1.807, 2.05) is 6.92 Å². The molecule has 2 N–H and O–H groups in total. The zero-order valence-electron chi connectivity index (χ0n) is 10.7. The van der Waals surface area contributed by atoms with Gasteiger partial charge in [-0.2, -0.15) is 0 Å². The third-order valence-electron chi connectivity index (χ3n) is 3.94. The molecule has 1 fully saturated rings. The molecule has 17 heavy (non-hydrogen) atoms. The van der Waals surface area contributed by atoms with Crippen LogP contribution in [0.1, 0.15) is 37.8 Å². The maximum absolute atomic E-state index is 13.6. The van der Waals surface area contributed by atoms with Crippen molar-refractivity contribution in [2.75, 3.05) is 7.11 Å². The molecule has 3 heteroatoms. The molecule has 0 spiro atoms. The number of halogens is 1. The van der Waals surface area contributed by atoms with E-state index in [9.17, 15) is 4.39 Å². The van der Waals surface area contributed by atoms with Gasteiger partial charge < -0.3 is 10.5 Å². The fourth-order valence-electron chi connectivity index (χ4n) is 2.71. The monoisotopic (exact) mass is 237 g/mol. The van der Waals surface area contributed by atoms with Gasteiger partial charge in [0.05, 0.1) is 7.11 Å². The molecule has 1 aliphatic carbocycles. The number of hydrogen-bond acceptors (Lipinski definition) is 2. The van der Waals surface area contributed by atoms with Gasteiger partial charge in [-0.25, -0.2) is 4.39 Å². The van der Waals surface area contributed by atoms with Crippen molar-refractivity contribution < 1.29 is 9.13 Å². The zero-order chi connectivity index (χ0) is 12.6. The highest BCUT2D eigenvalue weighted by atomic mass is 19.1. The number of benzene rings is 1. The number of nitrogens with two attached hydrogens (primary N) is 1. The maximum Gasteiger partial charge on any atom is 0.127 e. The van der Waals surface area contributed by atoms with Crippen LogP contribution in [0.4, 0.5) is 4.39 Å². The summed E-state index contributed by atoms with van der Waals surface area (Å²) in [6.45, 7) is 4.07. The van der Waals surface area contributed by atoms with Crippen molar-refractivity contribution in [3.05, 3.63) is 29.1 Å². The second-order valence-electron chi connectivity index (χ2n) is 4.93. The predicted octanol–water partition coefficient (Wildman–Crippen LogP) is 2.78. The quantitative estimate of drug-likeness (QED) is 0.874. The van der Waals surface area contributed by atoms with Crippen LogP contribution in [0, 0.1) is 5.82 Å². The minimum absolute atomic E-state index is 0.0271. The van der Waals surface area contributed by atoms with Crippen LogP contribution in [-0.4, -0.2) is 13.2 Å². The Morgan fingerprint density at radius 1 is 1.47 bits per heavy atom. The van der Waals surface area contributed by atoms with Crippen LogP contribution in [0.5, 0.6) is 5.75 Å². The average Bonchev–Trinajstić information content (AvgIpc) is 3.08. The highest BCUT2D eigenvalue weighted by Gasteiger charge is 2.49. The lowest BCUT2D eigenvalue weighted by atomic mass is 9.85. The van der Waals surface area contributed by atoms with Gasteiger partial charge in [0.2, 0.25) is 0 Å². The summed E-state index contributed by atoms with van der Waals surface area (Å²) in [5.41, 5.74) is 8.19. The van der Waals surface area contributed by atoms with Gasteiger partial charge in [0.1, 0.15) is 11.6 Å². The summed E-state index contributed by atoms with van der Waals surface area (Å²) in [5.74, 6) is 0.412. The van der Waals surface area contributed by atoms with E-state index in [-0.39, 0.29) is 17.3 Å². The summed E-state index contributed by atoms with van der Waals surface area (Å²) in [6, 6.07) is 3.15. The number of rotatable bonds is 4. The molecule has 0 aliphatic heterocycles. The van der Waals surface area contributed by atoms with Crippen LogP contribution in [0.25, 0.3) is 0 Å². The van der Waals surface area contributed by atoms with E-state index in [0.717, 1.165) is 30.4 Å². The Kier molecular flexibility index (Phi) is 3.13. The number of hydrogen-bond donors (Lipinski definition) is 1. The van der Waals surface area contributed by atoms with Crippen LogP contribution in [-0.2, 0) is 11.8 Å². The van der Waals surface area contributed by atoms with Gasteiger partial charge in [-0.05, 0) is 43.4 Å². The normalized spacial score (nSPS) is 18.9. The van der Waals surface area contributed by atoms with Gasteiger partial charge in [-0.1, -0.05) is 6.92 Å². The van der Waals surface area contributed by atoms with E-state index in [4.69, 9.17) is 10.5 Å². The maximum atomic E-state index is 13.6. The first-order valence-corrected chi connectivity index (χ1v) is 6.17. The van der Waals surface area contributed by atoms with E-state index >= 15 is 0 Å². The third-order valence-corrected chi connectivity index (χ3v) is 3.94. The van der Waals surface area contributed by atoms with Crippen molar-refractivity contribution in [2.24, 2.45) is 5.73 Å². The molecular weight excluding hydrogens is 217 g/mol. The van der Waals surface area contributed by atoms with Gasteiger partial charge in [0.25, 0.3) is 0 Å². The Morgan fingerprint density at radius 2 is 2.12 bits per heavy atom. The molecule has 0 radical (unpaired) electrons. The van der Waals surface area contributed by atoms with Crippen molar-refractivity contribution in [3.63, 3.8) is 0 Å². The van der Waals surface area contributed by atoms with E-state index < -0.39 is 0 Å². The molecule has 1 atom stereocenters. The van der Waals surface area contributed by atoms with E-state index in [1.54, 1.807) is 13.2 Å². The Balaban J connectivity index is 2.56. The molecule has 1 aliphatic rings. The second kappa shape index (κ2) is 4.30. The zero-order valence-corrected chi connectivity index (χ0v) is 10.7. The lowest BCUT2D eigenvalue weighted by Gasteiger charge is -2.24. The first kappa shape index (κ1) is 12.4. The molecule has 94 valence electrons. The summed E-state index contributed by atoms with van der Waals surface area (Å²) in [6.07, 6.45) is 2.93. The van der Waals surface area contributed by atoms with E-state index in [1.165, 1.54) is 6.07 Å². The first-order valence-electron chi connectivity index (χ1n) is 6.17. The Labute approximate surface area is 102 Å². The van der Waals surface area contributed by atoms with Gasteiger partial charge in [-0.3, -0.25) is 0 Å². The van der Waals surface area contributed by atoms with Crippen LogP contribution in [0.15, 0.2) is 12.1 Å². The lowest BCUT2D eigenvalue weighted by molar-refractivity contribution is 0.403. The van der Waals surface area contributed by atoms with Gasteiger partial charge >= 0.3 is 0 Å². The van der Waals surface area contributed by atoms with Gasteiger partial charge in [-0.15, -0.1) is 0 Å². The highest BCUT2D eigenvalue weighted by Crippen LogP contribution is 2.52. The topological polar surface area (TPSA) is 35.2 Å². The van der Waals surface area contributed by atoms with E-state index in [0.29, 0.717) is 5.75 Å². The van der Waals surface area contributed by atoms with Crippen molar-refractivity contribution in [1.29, 1.82) is 0 Å². The molecule has 0 heterocycles. The third kappa shape index (κ3) is 1.93. The molecule has 0 bridgehead atoms. The molecule has 0 aromatic heterocycles. The second-order valence-corrected chi connectivity index (χ2v) is 4.93. The Bertz CT molecular complexity index is 424. The largest absolute Gasteiger partial charge is 0.496 e. The van der Waals surface area contributed by atoms with Crippen LogP contribution < -0.4 is 10.5 Å². The first-order chi connectivity index (χ1) is 8.05. The van der Waals surface area contributed by atoms with Crippen molar-refractivity contribution in [2.45, 2.75) is 44.6 Å². The summed E-state index contributed by atoms with van der Waals surface area (Å²) in [7, 11) is 1.59. The van der Waals surface area contributed by atoms with Gasteiger partial charge in [0.15, 0.2) is 0 Å². The fourth-order valence-corrected chi connectivity index (χ4v) is 2.71. The molecule has 1 unspecified atom stereocenters. The summed E-state index contributed by atoms with van der Waals surface area (Å²) >= 11 is 0. The van der Waals surface area contributed by atoms with E-state index in [2.05, 4.69) is 6.92 Å². The van der Waals surface area contributed by atoms with Crippen LogP contribution >= 0.6 is 0 Å². The molecule has 1 aromatic carbocycles. The summed E-state index contributed by atoms with van der Waals surface area (Å²) in [5, 5.41) is 0. The van der Waals surface area contributed by atoms with Gasteiger partial charge in [0, 0.05) is 17.5 Å². The van der Waals surface area contributed by atoms with Crippen molar-refractivity contribution in [3.8, 4) is 5.75 Å². The smallest absolute Gasteiger partial charge is 0.127 e. The van der Waals surface area contributed by atoms with Crippen LogP contribution in [0.2, 0.25) is 0 Å². The summed E-state index contributed by atoms with van der Waals surface area (Å²) < 4.78 is 18.9. The average molecular weight is 237 g/mol. The molecule has 0 amide bonds. The fraction of sp³-hybridized carbons (Fsp3) is 0.571. The molecule has 2 nitrogen and oxygen atoms in total. The standard InChI is InChI=1S/C14H20FNO/c1-4-11-12(14(5-6-14)9(2)16)7-10(15)8-13(11)17-3/h7-9H,4-6,16H2,1-3H3. The molecular formula is C14H20FNO. The molecule has 1 aromatic rings. The molecule has 1 saturated carbocycles. The minimum atomic E-state index is -0.235. The van der Waals surface area contributed by atoms with Crippen LogP contribution in [0.3, 0.4) is 0 Å². The lowest BCUT2D eigenvalue weighted by Crippen LogP contribution is -2.32. The SMILES string of the molecule is CCc1c(OC)cc(F)cc1C1(C(C)N)CC1. The molecule has 2 rings (SSSR count). The minimum Gasteiger partial charge on any atom is -0.496 e. The Hall–Kier alpha value is -1.09.